The van der Waals surface area contributed by atoms with E-state index in [1.54, 1.807) is 24.3 Å². The van der Waals surface area contributed by atoms with Gasteiger partial charge in [-0.15, -0.1) is 0 Å². The molecular formula is C17H23ClN2O. The molecule has 4 heteroatoms. The van der Waals surface area contributed by atoms with Crippen molar-refractivity contribution in [3.8, 4) is 0 Å². The highest BCUT2D eigenvalue weighted by Crippen LogP contribution is 2.35. The normalized spacial score (nSPS) is 29.7. The van der Waals surface area contributed by atoms with Crippen LogP contribution < -0.4 is 5.32 Å². The second-order valence-electron chi connectivity index (χ2n) is 6.56. The van der Waals surface area contributed by atoms with Crippen molar-refractivity contribution in [3.05, 3.63) is 34.9 Å². The Kier molecular flexibility index (Phi) is 4.51. The highest BCUT2D eigenvalue weighted by atomic mass is 35.5. The topological polar surface area (TPSA) is 32.3 Å². The largest absolute Gasteiger partial charge is 0.349 e. The molecule has 3 atom stereocenters. The summed E-state index contributed by atoms with van der Waals surface area (Å²) in [4.78, 5) is 14.7. The summed E-state index contributed by atoms with van der Waals surface area (Å²) in [5.74, 6) is 1.64. The number of nitrogens with one attached hydrogen (secondary N) is 1. The summed E-state index contributed by atoms with van der Waals surface area (Å²) in [6, 6.07) is 7.45. The highest BCUT2D eigenvalue weighted by molar-refractivity contribution is 6.30. The van der Waals surface area contributed by atoms with Crippen LogP contribution in [-0.4, -0.2) is 37.0 Å². The number of amides is 1. The fourth-order valence-corrected chi connectivity index (χ4v) is 3.93. The van der Waals surface area contributed by atoms with Crippen LogP contribution in [0.25, 0.3) is 0 Å². The molecule has 1 heterocycles. The van der Waals surface area contributed by atoms with Crippen LogP contribution in [0.4, 0.5) is 0 Å². The van der Waals surface area contributed by atoms with Crippen molar-refractivity contribution in [1.82, 2.24) is 10.2 Å². The third-order valence-corrected chi connectivity index (χ3v) is 5.26. The van der Waals surface area contributed by atoms with Gasteiger partial charge in [-0.05, 0) is 75.4 Å². The summed E-state index contributed by atoms with van der Waals surface area (Å²) in [5.41, 5.74) is 0.699. The van der Waals surface area contributed by atoms with E-state index in [0.29, 0.717) is 16.6 Å². The van der Waals surface area contributed by atoms with Gasteiger partial charge < -0.3 is 10.2 Å². The standard InChI is InChI=1S/C17H23ClN2O/c1-20-9-8-13-10-16(7-4-14(13)11-20)19-17(21)12-2-5-15(18)6-3-12/h2-3,5-6,13-14,16H,4,7-11H2,1H3,(H,19,21). The molecule has 21 heavy (non-hydrogen) atoms. The molecule has 1 amide bonds. The molecule has 2 fully saturated rings. The lowest BCUT2D eigenvalue weighted by molar-refractivity contribution is 0.0771. The molecule has 0 radical (unpaired) electrons. The Labute approximate surface area is 131 Å². The molecular weight excluding hydrogens is 284 g/mol. The third-order valence-electron chi connectivity index (χ3n) is 5.01. The average Bonchev–Trinajstić information content (AvgIpc) is 2.48. The first kappa shape index (κ1) is 14.9. The third kappa shape index (κ3) is 3.58. The predicted octanol–water partition coefficient (Wildman–Crippen LogP) is 3.19. The van der Waals surface area contributed by atoms with Crippen LogP contribution in [0.15, 0.2) is 24.3 Å². The Bertz CT molecular complexity index is 502. The first-order chi connectivity index (χ1) is 10.1. The van der Waals surface area contributed by atoms with Gasteiger partial charge in [-0.2, -0.15) is 0 Å². The number of halogens is 1. The molecule has 3 rings (SSSR count). The lowest BCUT2D eigenvalue weighted by atomic mass is 9.73. The van der Waals surface area contributed by atoms with E-state index in [0.717, 1.165) is 24.7 Å². The zero-order valence-corrected chi connectivity index (χ0v) is 13.3. The zero-order valence-electron chi connectivity index (χ0n) is 12.5. The maximum absolute atomic E-state index is 12.3. The maximum Gasteiger partial charge on any atom is 0.251 e. The second-order valence-corrected chi connectivity index (χ2v) is 7.00. The summed E-state index contributed by atoms with van der Waals surface area (Å²) >= 11 is 5.86. The van der Waals surface area contributed by atoms with Crippen LogP contribution in [0.3, 0.4) is 0 Å². The SMILES string of the molecule is CN1CCC2CC(NC(=O)c3ccc(Cl)cc3)CCC2C1. The number of hydrogen-bond acceptors (Lipinski definition) is 2. The fraction of sp³-hybridized carbons (Fsp3) is 0.588. The van der Waals surface area contributed by atoms with Crippen LogP contribution in [-0.2, 0) is 0 Å². The molecule has 1 aliphatic carbocycles. The molecule has 1 aromatic rings. The van der Waals surface area contributed by atoms with Gasteiger partial charge >= 0.3 is 0 Å². The number of rotatable bonds is 2. The molecule has 1 N–H and O–H groups in total. The first-order valence-corrected chi connectivity index (χ1v) is 8.24. The van der Waals surface area contributed by atoms with Crippen molar-refractivity contribution >= 4 is 17.5 Å². The van der Waals surface area contributed by atoms with E-state index in [1.807, 2.05) is 0 Å². The number of carbonyl (C=O) groups excluding carboxylic acids is 1. The molecule has 0 aromatic heterocycles. The number of piperidine rings is 1. The van der Waals surface area contributed by atoms with Crippen LogP contribution >= 0.6 is 11.6 Å². The van der Waals surface area contributed by atoms with E-state index in [2.05, 4.69) is 17.3 Å². The smallest absolute Gasteiger partial charge is 0.251 e. The van der Waals surface area contributed by atoms with Crippen molar-refractivity contribution < 1.29 is 4.79 Å². The van der Waals surface area contributed by atoms with E-state index >= 15 is 0 Å². The molecule has 1 saturated carbocycles. The second kappa shape index (κ2) is 6.37. The molecule has 1 aromatic carbocycles. The van der Waals surface area contributed by atoms with Gasteiger partial charge in [-0.1, -0.05) is 11.6 Å². The molecule has 1 aliphatic heterocycles. The van der Waals surface area contributed by atoms with E-state index < -0.39 is 0 Å². The molecule has 1 saturated heterocycles. The Morgan fingerprint density at radius 2 is 1.95 bits per heavy atom. The fourth-order valence-electron chi connectivity index (χ4n) is 3.80. The van der Waals surface area contributed by atoms with Gasteiger partial charge in [0.05, 0.1) is 0 Å². The molecule has 0 spiro atoms. The van der Waals surface area contributed by atoms with Crippen LogP contribution in [0, 0.1) is 11.8 Å². The summed E-state index contributed by atoms with van der Waals surface area (Å²) < 4.78 is 0. The summed E-state index contributed by atoms with van der Waals surface area (Å²) in [6.45, 7) is 2.42. The lowest BCUT2D eigenvalue weighted by Crippen LogP contribution is -2.46. The van der Waals surface area contributed by atoms with Gasteiger partial charge in [0.2, 0.25) is 0 Å². The minimum atomic E-state index is 0.0306. The van der Waals surface area contributed by atoms with Crippen molar-refractivity contribution in [2.24, 2.45) is 11.8 Å². The lowest BCUT2D eigenvalue weighted by Gasteiger charge is -2.42. The first-order valence-electron chi connectivity index (χ1n) is 7.87. The zero-order chi connectivity index (χ0) is 14.8. The summed E-state index contributed by atoms with van der Waals surface area (Å²) in [6.07, 6.45) is 4.75. The van der Waals surface area contributed by atoms with Crippen molar-refractivity contribution in [1.29, 1.82) is 0 Å². The van der Waals surface area contributed by atoms with Gasteiger partial charge in [0.25, 0.3) is 5.91 Å². The van der Waals surface area contributed by atoms with Crippen LogP contribution in [0.1, 0.15) is 36.0 Å². The van der Waals surface area contributed by atoms with E-state index in [9.17, 15) is 4.79 Å². The van der Waals surface area contributed by atoms with Crippen molar-refractivity contribution in [2.75, 3.05) is 20.1 Å². The van der Waals surface area contributed by atoms with Gasteiger partial charge in [-0.25, -0.2) is 0 Å². The van der Waals surface area contributed by atoms with Gasteiger partial charge in [-0.3, -0.25) is 4.79 Å². The van der Waals surface area contributed by atoms with Gasteiger partial charge in [0.15, 0.2) is 0 Å². The quantitative estimate of drug-likeness (QED) is 0.910. The van der Waals surface area contributed by atoms with Gasteiger partial charge in [0.1, 0.15) is 0 Å². The molecule has 3 unspecified atom stereocenters. The number of nitrogens with zero attached hydrogens (tertiary/aromatic N) is 1. The molecule has 114 valence electrons. The highest BCUT2D eigenvalue weighted by Gasteiger charge is 2.34. The Hall–Kier alpha value is -1.06. The Morgan fingerprint density at radius 3 is 2.71 bits per heavy atom. The number of hydrogen-bond donors (Lipinski definition) is 1. The van der Waals surface area contributed by atoms with E-state index in [-0.39, 0.29) is 5.91 Å². The molecule has 0 bridgehead atoms. The van der Waals surface area contributed by atoms with E-state index in [4.69, 9.17) is 11.6 Å². The number of fused-ring (bicyclic) bond motifs is 1. The molecule has 3 nitrogen and oxygen atoms in total. The average molecular weight is 307 g/mol. The minimum Gasteiger partial charge on any atom is -0.349 e. The molecule has 2 aliphatic rings. The van der Waals surface area contributed by atoms with E-state index in [1.165, 1.54) is 25.9 Å². The van der Waals surface area contributed by atoms with Crippen LogP contribution in [0.5, 0.6) is 0 Å². The maximum atomic E-state index is 12.3. The summed E-state index contributed by atoms with van der Waals surface area (Å²) in [7, 11) is 2.21. The van der Waals surface area contributed by atoms with Crippen molar-refractivity contribution in [3.63, 3.8) is 0 Å². The Balaban J connectivity index is 1.56. The van der Waals surface area contributed by atoms with Crippen LogP contribution in [0.2, 0.25) is 5.02 Å². The summed E-state index contributed by atoms with van der Waals surface area (Å²) in [5, 5.41) is 3.87. The Morgan fingerprint density at radius 1 is 1.19 bits per heavy atom. The number of benzene rings is 1. The monoisotopic (exact) mass is 306 g/mol. The predicted molar refractivity (Wildman–Crippen MR) is 85.7 cm³/mol. The number of carbonyl (C=O) groups is 1. The minimum absolute atomic E-state index is 0.0306. The van der Waals surface area contributed by atoms with Crippen molar-refractivity contribution in [2.45, 2.75) is 31.7 Å². The van der Waals surface area contributed by atoms with Gasteiger partial charge in [0, 0.05) is 23.2 Å². The number of likely N-dealkylation sites (tertiary alicyclic amines) is 1.